The first-order chi connectivity index (χ1) is 9.13. The second-order valence-electron chi connectivity index (χ2n) is 5.72. The summed E-state index contributed by atoms with van der Waals surface area (Å²) in [4.78, 5) is 27.8. The Bertz CT molecular complexity index is 346. The van der Waals surface area contributed by atoms with Crippen LogP contribution in [0.3, 0.4) is 0 Å². The molecule has 0 aliphatic carbocycles. The Morgan fingerprint density at radius 1 is 1.16 bits per heavy atom. The van der Waals surface area contributed by atoms with E-state index in [2.05, 4.69) is 0 Å². The molecule has 2 fully saturated rings. The molecule has 2 rings (SSSR count). The van der Waals surface area contributed by atoms with Crippen molar-refractivity contribution in [3.05, 3.63) is 0 Å². The van der Waals surface area contributed by atoms with Gasteiger partial charge in [0.15, 0.2) is 0 Å². The van der Waals surface area contributed by atoms with Crippen LogP contribution < -0.4 is 5.73 Å². The molecule has 2 aliphatic heterocycles. The summed E-state index contributed by atoms with van der Waals surface area (Å²) < 4.78 is 0. The maximum atomic E-state index is 12.6. The summed E-state index contributed by atoms with van der Waals surface area (Å²) >= 11 is 0. The number of hydrogen-bond acceptors (Lipinski definition) is 3. The number of nitrogens with two attached hydrogens (primary N) is 1. The third-order valence-electron chi connectivity index (χ3n) is 4.40. The topological polar surface area (TPSA) is 66.6 Å². The summed E-state index contributed by atoms with van der Waals surface area (Å²) in [7, 11) is 0. The Morgan fingerprint density at radius 3 is 2.63 bits per heavy atom. The quantitative estimate of drug-likeness (QED) is 0.796. The monoisotopic (exact) mass is 267 g/mol. The molecule has 108 valence electrons. The highest BCUT2D eigenvalue weighted by Crippen LogP contribution is 2.23. The average molecular weight is 267 g/mol. The largest absolute Gasteiger partial charge is 0.342 e. The Morgan fingerprint density at radius 2 is 1.95 bits per heavy atom. The molecule has 0 aromatic heterocycles. The van der Waals surface area contributed by atoms with Gasteiger partial charge in [-0.05, 0) is 32.1 Å². The number of piperidine rings is 2. The van der Waals surface area contributed by atoms with Gasteiger partial charge in [-0.25, -0.2) is 0 Å². The van der Waals surface area contributed by atoms with Crippen molar-refractivity contribution in [2.24, 2.45) is 11.7 Å². The first-order valence-corrected chi connectivity index (χ1v) is 7.39. The van der Waals surface area contributed by atoms with E-state index < -0.39 is 0 Å². The molecule has 5 nitrogen and oxygen atoms in total. The second-order valence-corrected chi connectivity index (χ2v) is 5.72. The van der Waals surface area contributed by atoms with Crippen LogP contribution in [0.25, 0.3) is 0 Å². The molecule has 19 heavy (non-hydrogen) atoms. The zero-order chi connectivity index (χ0) is 13.8. The SMILES string of the molecule is CC(=O)N1CCCC(C(=O)N2CCCCC2CN)C1. The normalized spacial score (nSPS) is 28.3. The number of amides is 2. The first-order valence-electron chi connectivity index (χ1n) is 7.39. The Hall–Kier alpha value is -1.10. The lowest BCUT2D eigenvalue weighted by atomic mass is 9.93. The van der Waals surface area contributed by atoms with Crippen LogP contribution in [0.2, 0.25) is 0 Å². The fraction of sp³-hybridized carbons (Fsp3) is 0.857. The van der Waals surface area contributed by atoms with Crippen LogP contribution in [-0.4, -0.2) is 53.8 Å². The Labute approximate surface area is 115 Å². The number of rotatable bonds is 2. The molecular formula is C14H25N3O2. The molecule has 2 atom stereocenters. The van der Waals surface area contributed by atoms with Gasteiger partial charge in [-0.3, -0.25) is 9.59 Å². The molecule has 2 unspecified atom stereocenters. The van der Waals surface area contributed by atoms with Crippen molar-refractivity contribution in [1.29, 1.82) is 0 Å². The van der Waals surface area contributed by atoms with E-state index in [-0.39, 0.29) is 23.8 Å². The molecule has 0 spiro atoms. The molecule has 2 amide bonds. The number of carbonyl (C=O) groups is 2. The van der Waals surface area contributed by atoms with E-state index in [1.54, 1.807) is 11.8 Å². The molecule has 0 saturated carbocycles. The van der Waals surface area contributed by atoms with E-state index in [0.717, 1.165) is 45.2 Å². The molecule has 2 saturated heterocycles. The fourth-order valence-corrected chi connectivity index (χ4v) is 3.23. The van der Waals surface area contributed by atoms with Crippen LogP contribution in [0.1, 0.15) is 39.0 Å². The Kier molecular flexibility index (Phi) is 4.80. The molecule has 0 radical (unpaired) electrons. The lowest BCUT2D eigenvalue weighted by Crippen LogP contribution is -2.52. The molecule has 2 aliphatic rings. The van der Waals surface area contributed by atoms with Gasteiger partial charge in [-0.1, -0.05) is 0 Å². The minimum absolute atomic E-state index is 0.0233. The van der Waals surface area contributed by atoms with Crippen molar-refractivity contribution in [1.82, 2.24) is 9.80 Å². The summed E-state index contributed by atoms with van der Waals surface area (Å²) in [5, 5.41) is 0. The summed E-state index contributed by atoms with van der Waals surface area (Å²) in [5.41, 5.74) is 5.78. The summed E-state index contributed by atoms with van der Waals surface area (Å²) in [5.74, 6) is 0.261. The number of hydrogen-bond donors (Lipinski definition) is 1. The molecule has 5 heteroatoms. The second kappa shape index (κ2) is 6.37. The predicted molar refractivity (Wildman–Crippen MR) is 73.4 cm³/mol. The van der Waals surface area contributed by atoms with Crippen molar-refractivity contribution in [3.8, 4) is 0 Å². The highest BCUT2D eigenvalue weighted by molar-refractivity contribution is 5.81. The van der Waals surface area contributed by atoms with Crippen molar-refractivity contribution >= 4 is 11.8 Å². The van der Waals surface area contributed by atoms with Crippen molar-refractivity contribution in [3.63, 3.8) is 0 Å². The molecule has 0 aromatic carbocycles. The van der Waals surface area contributed by atoms with Gasteiger partial charge in [-0.2, -0.15) is 0 Å². The predicted octanol–water partition coefficient (Wildman–Crippen LogP) is 0.585. The minimum atomic E-state index is -0.0233. The van der Waals surface area contributed by atoms with Gasteiger partial charge in [0.25, 0.3) is 0 Å². The smallest absolute Gasteiger partial charge is 0.227 e. The molecule has 2 N–H and O–H groups in total. The van der Waals surface area contributed by atoms with E-state index in [4.69, 9.17) is 5.73 Å². The lowest BCUT2D eigenvalue weighted by molar-refractivity contribution is -0.143. The summed E-state index contributed by atoms with van der Waals surface area (Å²) in [6.07, 6.45) is 5.08. The van der Waals surface area contributed by atoms with Crippen LogP contribution in [0.4, 0.5) is 0 Å². The highest BCUT2D eigenvalue weighted by atomic mass is 16.2. The standard InChI is InChI=1S/C14H25N3O2/c1-11(18)16-7-4-5-12(10-16)14(19)17-8-3-2-6-13(17)9-15/h12-13H,2-10,15H2,1H3. The average Bonchev–Trinajstić information content (AvgIpc) is 2.46. The molecular weight excluding hydrogens is 242 g/mol. The number of carbonyl (C=O) groups excluding carboxylic acids is 2. The van der Waals surface area contributed by atoms with Gasteiger partial charge in [0.2, 0.25) is 11.8 Å². The third-order valence-corrected chi connectivity index (χ3v) is 4.40. The first kappa shape index (κ1) is 14.3. The van der Waals surface area contributed by atoms with Crippen LogP contribution in [0.15, 0.2) is 0 Å². The lowest BCUT2D eigenvalue weighted by Gasteiger charge is -2.40. The fourth-order valence-electron chi connectivity index (χ4n) is 3.23. The van der Waals surface area contributed by atoms with Gasteiger partial charge < -0.3 is 15.5 Å². The van der Waals surface area contributed by atoms with Crippen LogP contribution >= 0.6 is 0 Å². The highest BCUT2D eigenvalue weighted by Gasteiger charge is 2.33. The summed E-state index contributed by atoms with van der Waals surface area (Å²) in [6.45, 7) is 4.34. The molecule has 0 aromatic rings. The van der Waals surface area contributed by atoms with Crippen molar-refractivity contribution < 1.29 is 9.59 Å². The van der Waals surface area contributed by atoms with Crippen molar-refractivity contribution in [2.75, 3.05) is 26.2 Å². The Balaban J connectivity index is 1.99. The zero-order valence-corrected chi connectivity index (χ0v) is 11.8. The zero-order valence-electron chi connectivity index (χ0n) is 11.8. The maximum Gasteiger partial charge on any atom is 0.227 e. The van der Waals surface area contributed by atoms with E-state index in [9.17, 15) is 9.59 Å². The van der Waals surface area contributed by atoms with Gasteiger partial charge in [0.1, 0.15) is 0 Å². The maximum absolute atomic E-state index is 12.6. The van der Waals surface area contributed by atoms with Gasteiger partial charge >= 0.3 is 0 Å². The number of likely N-dealkylation sites (tertiary alicyclic amines) is 2. The van der Waals surface area contributed by atoms with E-state index >= 15 is 0 Å². The molecule has 0 bridgehead atoms. The third kappa shape index (κ3) is 3.26. The number of nitrogens with zero attached hydrogens (tertiary/aromatic N) is 2. The molecule has 2 heterocycles. The van der Waals surface area contributed by atoms with E-state index in [0.29, 0.717) is 13.1 Å². The summed E-state index contributed by atoms with van der Waals surface area (Å²) in [6, 6.07) is 0.203. The van der Waals surface area contributed by atoms with E-state index in [1.165, 1.54) is 0 Å². The minimum Gasteiger partial charge on any atom is -0.342 e. The van der Waals surface area contributed by atoms with Crippen LogP contribution in [0, 0.1) is 5.92 Å². The van der Waals surface area contributed by atoms with E-state index in [1.807, 2.05) is 4.90 Å². The van der Waals surface area contributed by atoms with Gasteiger partial charge in [0, 0.05) is 39.1 Å². The van der Waals surface area contributed by atoms with Crippen molar-refractivity contribution in [2.45, 2.75) is 45.1 Å². The van der Waals surface area contributed by atoms with Crippen LogP contribution in [0.5, 0.6) is 0 Å². The van der Waals surface area contributed by atoms with Crippen LogP contribution in [-0.2, 0) is 9.59 Å². The van der Waals surface area contributed by atoms with Gasteiger partial charge in [0.05, 0.1) is 5.92 Å². The van der Waals surface area contributed by atoms with Gasteiger partial charge in [-0.15, -0.1) is 0 Å².